The van der Waals surface area contributed by atoms with Crippen LogP contribution >= 0.6 is 0 Å². The van der Waals surface area contributed by atoms with Gasteiger partial charge in [-0.3, -0.25) is 9.59 Å². The van der Waals surface area contributed by atoms with Crippen molar-refractivity contribution in [2.75, 3.05) is 11.9 Å². The Morgan fingerprint density at radius 3 is 2.44 bits per heavy atom. The van der Waals surface area contributed by atoms with Crippen LogP contribution in [0.3, 0.4) is 0 Å². The summed E-state index contributed by atoms with van der Waals surface area (Å²) in [6, 6.07) is 12.4. The lowest BCUT2D eigenvalue weighted by atomic mass is 9.99. The highest BCUT2D eigenvalue weighted by Crippen LogP contribution is 2.23. The van der Waals surface area contributed by atoms with E-state index in [1.807, 2.05) is 12.1 Å². The summed E-state index contributed by atoms with van der Waals surface area (Å²) in [4.78, 5) is 35.9. The Balaban J connectivity index is 1.58. The molecule has 0 saturated carbocycles. The normalized spacial score (nSPS) is 13.1. The van der Waals surface area contributed by atoms with Crippen LogP contribution < -0.4 is 5.32 Å². The van der Waals surface area contributed by atoms with Gasteiger partial charge >= 0.3 is 5.97 Å². The summed E-state index contributed by atoms with van der Waals surface area (Å²) in [5.74, 6) is -0.246. The predicted octanol–water partition coefficient (Wildman–Crippen LogP) is 3.81. The second-order valence-electron chi connectivity index (χ2n) is 7.21. The van der Waals surface area contributed by atoms with Crippen LogP contribution in [-0.4, -0.2) is 24.3 Å². The fourth-order valence-electron chi connectivity index (χ4n) is 3.10. The van der Waals surface area contributed by atoms with Crippen LogP contribution in [-0.2, 0) is 22.4 Å². The van der Waals surface area contributed by atoms with E-state index in [4.69, 9.17) is 4.74 Å². The second kappa shape index (κ2) is 8.16. The van der Waals surface area contributed by atoms with E-state index in [1.165, 1.54) is 5.56 Å². The van der Waals surface area contributed by atoms with Crippen molar-refractivity contribution in [3.63, 3.8) is 0 Å². The largest absolute Gasteiger partial charge is 0.454 e. The van der Waals surface area contributed by atoms with Gasteiger partial charge in [-0.25, -0.2) is 4.79 Å². The molecule has 1 aliphatic rings. The summed E-state index contributed by atoms with van der Waals surface area (Å²) >= 11 is 0. The van der Waals surface area contributed by atoms with E-state index in [-0.39, 0.29) is 18.3 Å². The van der Waals surface area contributed by atoms with Gasteiger partial charge in [-0.1, -0.05) is 26.0 Å². The van der Waals surface area contributed by atoms with E-state index >= 15 is 0 Å². The first-order valence-corrected chi connectivity index (χ1v) is 9.14. The summed E-state index contributed by atoms with van der Waals surface area (Å²) in [5.41, 5.74) is 3.74. The molecule has 2 aromatic rings. The third kappa shape index (κ3) is 4.82. The van der Waals surface area contributed by atoms with E-state index in [0.29, 0.717) is 29.9 Å². The molecular formula is C22H23NO4. The maximum atomic E-state index is 12.3. The third-order valence-corrected chi connectivity index (χ3v) is 4.49. The van der Waals surface area contributed by atoms with Crippen molar-refractivity contribution in [2.24, 2.45) is 5.92 Å². The Kier molecular flexibility index (Phi) is 5.69. The van der Waals surface area contributed by atoms with E-state index in [9.17, 15) is 14.4 Å². The molecule has 140 valence electrons. The van der Waals surface area contributed by atoms with E-state index in [1.54, 1.807) is 30.3 Å². The molecule has 0 saturated heterocycles. The average Bonchev–Trinajstić information content (AvgIpc) is 2.65. The van der Waals surface area contributed by atoms with Gasteiger partial charge in [0.25, 0.3) is 0 Å². The maximum Gasteiger partial charge on any atom is 0.338 e. The number of ketones is 1. The van der Waals surface area contributed by atoms with Gasteiger partial charge in [-0.2, -0.15) is 0 Å². The number of anilines is 1. The number of carbonyl (C=O) groups is 3. The highest BCUT2D eigenvalue weighted by atomic mass is 16.5. The zero-order valence-electron chi connectivity index (χ0n) is 15.6. The van der Waals surface area contributed by atoms with Gasteiger partial charge in [-0.05, 0) is 60.2 Å². The number of nitrogens with one attached hydrogen (secondary N) is 1. The first kappa shape index (κ1) is 18.8. The number of amides is 1. The van der Waals surface area contributed by atoms with Gasteiger partial charge in [0.05, 0.1) is 5.56 Å². The highest BCUT2D eigenvalue weighted by Gasteiger charge is 2.18. The molecule has 0 aliphatic carbocycles. The molecule has 1 aliphatic heterocycles. The van der Waals surface area contributed by atoms with Crippen LogP contribution in [0.25, 0.3) is 0 Å². The summed E-state index contributed by atoms with van der Waals surface area (Å²) in [7, 11) is 0. The zero-order valence-corrected chi connectivity index (χ0v) is 15.6. The van der Waals surface area contributed by atoms with E-state index in [2.05, 4.69) is 19.2 Å². The average molecular weight is 365 g/mol. The standard InChI is InChI=1S/C22H23NO4/c1-14(2)11-15-3-5-16(6-4-15)22(26)27-13-20(24)18-7-9-19-17(12-18)8-10-21(25)23-19/h3-7,9,12,14H,8,10-11,13H2,1-2H3,(H,23,25). The van der Waals surface area contributed by atoms with Gasteiger partial charge in [0.1, 0.15) is 0 Å². The quantitative estimate of drug-likeness (QED) is 0.624. The number of hydrogen-bond donors (Lipinski definition) is 1. The second-order valence-corrected chi connectivity index (χ2v) is 7.21. The zero-order chi connectivity index (χ0) is 19.4. The molecule has 0 radical (unpaired) electrons. The van der Waals surface area contributed by atoms with E-state index in [0.717, 1.165) is 17.7 Å². The topological polar surface area (TPSA) is 72.5 Å². The number of esters is 1. The molecule has 27 heavy (non-hydrogen) atoms. The Hall–Kier alpha value is -2.95. The lowest BCUT2D eigenvalue weighted by molar-refractivity contribution is -0.116. The number of carbonyl (C=O) groups excluding carboxylic acids is 3. The molecule has 0 atom stereocenters. The van der Waals surface area contributed by atoms with Crippen LogP contribution in [0, 0.1) is 5.92 Å². The lowest BCUT2D eigenvalue weighted by Crippen LogP contribution is -2.20. The smallest absolute Gasteiger partial charge is 0.338 e. The Morgan fingerprint density at radius 1 is 1.04 bits per heavy atom. The van der Waals surface area contributed by atoms with Crippen LogP contribution in [0.4, 0.5) is 5.69 Å². The third-order valence-electron chi connectivity index (χ3n) is 4.49. The molecule has 0 bridgehead atoms. The molecule has 5 nitrogen and oxygen atoms in total. The van der Waals surface area contributed by atoms with Crippen LogP contribution in [0.15, 0.2) is 42.5 Å². The summed E-state index contributed by atoms with van der Waals surface area (Å²) < 4.78 is 5.17. The highest BCUT2D eigenvalue weighted by molar-refractivity contribution is 6.01. The summed E-state index contributed by atoms with van der Waals surface area (Å²) in [6.45, 7) is 3.97. The molecule has 2 aromatic carbocycles. The van der Waals surface area contributed by atoms with Crippen molar-refractivity contribution in [1.29, 1.82) is 0 Å². The molecule has 1 amide bonds. The van der Waals surface area contributed by atoms with E-state index < -0.39 is 5.97 Å². The van der Waals surface area contributed by atoms with Gasteiger partial charge in [0, 0.05) is 17.7 Å². The molecule has 0 unspecified atom stereocenters. The summed E-state index contributed by atoms with van der Waals surface area (Å²) in [5, 5.41) is 2.78. The number of rotatable bonds is 6. The minimum absolute atomic E-state index is 0.0186. The van der Waals surface area contributed by atoms with Crippen molar-refractivity contribution >= 4 is 23.3 Å². The van der Waals surface area contributed by atoms with Crippen molar-refractivity contribution in [3.8, 4) is 0 Å². The van der Waals surface area contributed by atoms with Gasteiger partial charge in [0.15, 0.2) is 12.4 Å². The maximum absolute atomic E-state index is 12.3. The molecule has 1 N–H and O–H groups in total. The molecule has 0 fully saturated rings. The van der Waals surface area contributed by atoms with Crippen LogP contribution in [0.5, 0.6) is 0 Å². The number of fused-ring (bicyclic) bond motifs is 1. The molecule has 0 aromatic heterocycles. The molecule has 5 heteroatoms. The van der Waals surface area contributed by atoms with Crippen molar-refractivity contribution in [3.05, 3.63) is 64.7 Å². The first-order valence-electron chi connectivity index (χ1n) is 9.14. The van der Waals surface area contributed by atoms with Crippen LogP contribution in [0.1, 0.15) is 52.1 Å². The minimum Gasteiger partial charge on any atom is -0.454 e. The molecular weight excluding hydrogens is 342 g/mol. The minimum atomic E-state index is -0.510. The first-order chi connectivity index (χ1) is 12.9. The SMILES string of the molecule is CC(C)Cc1ccc(C(=O)OCC(=O)c2ccc3c(c2)CCC(=O)N3)cc1. The molecule has 1 heterocycles. The number of hydrogen-bond acceptors (Lipinski definition) is 4. The van der Waals surface area contributed by atoms with Crippen molar-refractivity contribution < 1.29 is 19.1 Å². The number of benzene rings is 2. The Morgan fingerprint density at radius 2 is 1.74 bits per heavy atom. The lowest BCUT2D eigenvalue weighted by Gasteiger charge is -2.17. The van der Waals surface area contributed by atoms with Gasteiger partial charge in [-0.15, -0.1) is 0 Å². The predicted molar refractivity (Wildman–Crippen MR) is 103 cm³/mol. The molecule has 0 spiro atoms. The van der Waals surface area contributed by atoms with Crippen LogP contribution in [0.2, 0.25) is 0 Å². The van der Waals surface area contributed by atoms with Gasteiger partial charge < -0.3 is 10.1 Å². The Labute approximate surface area is 158 Å². The van der Waals surface area contributed by atoms with Crippen molar-refractivity contribution in [2.45, 2.75) is 33.1 Å². The Bertz CT molecular complexity index is 868. The van der Waals surface area contributed by atoms with Crippen molar-refractivity contribution in [1.82, 2.24) is 0 Å². The summed E-state index contributed by atoms with van der Waals surface area (Å²) in [6.07, 6.45) is 1.96. The number of aryl methyl sites for hydroxylation is 1. The fraction of sp³-hybridized carbons (Fsp3) is 0.318. The fourth-order valence-corrected chi connectivity index (χ4v) is 3.10. The number of ether oxygens (including phenoxy) is 1. The molecule has 3 rings (SSSR count). The van der Waals surface area contributed by atoms with Gasteiger partial charge in [0.2, 0.25) is 5.91 Å². The monoisotopic (exact) mass is 365 g/mol. The number of Topliss-reactive ketones (excluding diaryl/α,β-unsaturated/α-hetero) is 1.